The van der Waals surface area contributed by atoms with Crippen LogP contribution in [0, 0.1) is 11.8 Å². The highest BCUT2D eigenvalue weighted by atomic mass is 16.2. The van der Waals surface area contributed by atoms with E-state index in [2.05, 4.69) is 22.8 Å². The molecule has 2 atom stereocenters. The Morgan fingerprint density at radius 1 is 0.667 bits per heavy atom. The lowest BCUT2D eigenvalue weighted by atomic mass is 9.81. The standard InChI is InChI=1S/C20H26N2O2/c23-19(21-17-7-3-1-4-8-17)15-11-13-16(14-12-15)20(24)22-18-9-5-2-6-10-18/h1-7,9,15-18H,8,10-14H2,(H,21,23)(H,22,24). The fraction of sp³-hybridized carbons (Fsp3) is 0.500. The van der Waals surface area contributed by atoms with Crippen LogP contribution in [-0.4, -0.2) is 23.9 Å². The van der Waals surface area contributed by atoms with Crippen molar-refractivity contribution in [1.29, 1.82) is 0 Å². The Balaban J connectivity index is 1.41. The molecule has 3 aliphatic carbocycles. The van der Waals surface area contributed by atoms with Gasteiger partial charge in [0.2, 0.25) is 11.8 Å². The maximum absolute atomic E-state index is 12.4. The molecule has 0 radical (unpaired) electrons. The van der Waals surface area contributed by atoms with Crippen LogP contribution in [0.15, 0.2) is 48.6 Å². The average Bonchev–Trinajstić information content (AvgIpc) is 2.63. The minimum absolute atomic E-state index is 0.0471. The van der Waals surface area contributed by atoms with Crippen LogP contribution in [0.2, 0.25) is 0 Å². The van der Waals surface area contributed by atoms with E-state index in [0.29, 0.717) is 0 Å². The van der Waals surface area contributed by atoms with E-state index < -0.39 is 0 Å². The largest absolute Gasteiger partial charge is 0.349 e. The molecule has 0 spiro atoms. The van der Waals surface area contributed by atoms with Crippen LogP contribution in [0.3, 0.4) is 0 Å². The fourth-order valence-corrected chi connectivity index (χ4v) is 3.59. The van der Waals surface area contributed by atoms with Crippen molar-refractivity contribution in [3.63, 3.8) is 0 Å². The molecular weight excluding hydrogens is 300 g/mol. The highest BCUT2D eigenvalue weighted by molar-refractivity contribution is 5.81. The molecule has 128 valence electrons. The molecule has 3 aliphatic rings. The topological polar surface area (TPSA) is 58.2 Å². The lowest BCUT2D eigenvalue weighted by molar-refractivity contribution is -0.131. The van der Waals surface area contributed by atoms with E-state index in [9.17, 15) is 9.59 Å². The summed E-state index contributed by atoms with van der Waals surface area (Å²) in [6, 6.07) is 0.240. The Morgan fingerprint density at radius 3 is 1.42 bits per heavy atom. The van der Waals surface area contributed by atoms with Crippen LogP contribution < -0.4 is 10.6 Å². The SMILES string of the molecule is O=C(NC1C=CC=CC1)C1CCC(C(=O)NC2C=CC=CC2)CC1. The molecule has 4 heteroatoms. The number of hydrogen-bond acceptors (Lipinski definition) is 2. The first-order chi connectivity index (χ1) is 11.7. The van der Waals surface area contributed by atoms with Gasteiger partial charge >= 0.3 is 0 Å². The maximum Gasteiger partial charge on any atom is 0.223 e. The molecule has 0 aliphatic heterocycles. The van der Waals surface area contributed by atoms with Crippen LogP contribution in [0.4, 0.5) is 0 Å². The second-order valence-electron chi connectivity index (χ2n) is 6.88. The maximum atomic E-state index is 12.4. The molecule has 1 saturated carbocycles. The molecule has 3 rings (SSSR count). The second-order valence-corrected chi connectivity index (χ2v) is 6.88. The first-order valence-electron chi connectivity index (χ1n) is 9.00. The minimum Gasteiger partial charge on any atom is -0.349 e. The van der Waals surface area contributed by atoms with Crippen LogP contribution >= 0.6 is 0 Å². The summed E-state index contributed by atoms with van der Waals surface area (Å²) in [5, 5.41) is 6.21. The predicted molar refractivity (Wildman–Crippen MR) is 95.1 cm³/mol. The Bertz CT molecular complexity index is 528. The molecule has 1 fully saturated rings. The second kappa shape index (κ2) is 8.13. The van der Waals surface area contributed by atoms with Crippen LogP contribution in [-0.2, 0) is 9.59 Å². The predicted octanol–water partition coefficient (Wildman–Crippen LogP) is 2.79. The highest BCUT2D eigenvalue weighted by Gasteiger charge is 2.31. The molecule has 4 nitrogen and oxygen atoms in total. The van der Waals surface area contributed by atoms with Crippen molar-refractivity contribution in [3.05, 3.63) is 48.6 Å². The van der Waals surface area contributed by atoms with Crippen LogP contribution in [0.5, 0.6) is 0 Å². The summed E-state index contributed by atoms with van der Waals surface area (Å²) in [4.78, 5) is 24.7. The van der Waals surface area contributed by atoms with Crippen molar-refractivity contribution < 1.29 is 9.59 Å². The first kappa shape index (κ1) is 16.7. The zero-order valence-electron chi connectivity index (χ0n) is 14.0. The molecule has 24 heavy (non-hydrogen) atoms. The van der Waals surface area contributed by atoms with Crippen molar-refractivity contribution in [1.82, 2.24) is 10.6 Å². The van der Waals surface area contributed by atoms with Gasteiger partial charge in [0, 0.05) is 11.8 Å². The van der Waals surface area contributed by atoms with E-state index in [1.165, 1.54) is 0 Å². The Labute approximate surface area is 143 Å². The zero-order valence-corrected chi connectivity index (χ0v) is 14.0. The van der Waals surface area contributed by atoms with Gasteiger partial charge in [0.05, 0.1) is 12.1 Å². The summed E-state index contributed by atoms with van der Waals surface area (Å²) in [6.45, 7) is 0. The fourth-order valence-electron chi connectivity index (χ4n) is 3.59. The summed E-state index contributed by atoms with van der Waals surface area (Å²) < 4.78 is 0. The molecule has 2 amide bonds. The van der Waals surface area contributed by atoms with Gasteiger partial charge in [0.1, 0.15) is 0 Å². The number of amides is 2. The Kier molecular flexibility index (Phi) is 5.68. The zero-order chi connectivity index (χ0) is 16.8. The number of allylic oxidation sites excluding steroid dienone is 4. The molecular formula is C20H26N2O2. The lowest BCUT2D eigenvalue weighted by Gasteiger charge is -2.29. The lowest BCUT2D eigenvalue weighted by Crippen LogP contribution is -2.42. The van der Waals surface area contributed by atoms with E-state index in [4.69, 9.17) is 0 Å². The molecule has 0 saturated heterocycles. The molecule has 2 N–H and O–H groups in total. The molecule has 0 heterocycles. The van der Waals surface area contributed by atoms with Gasteiger partial charge in [0.15, 0.2) is 0 Å². The van der Waals surface area contributed by atoms with Crippen molar-refractivity contribution in [2.45, 2.75) is 50.6 Å². The molecule has 0 aromatic heterocycles. The molecule has 2 unspecified atom stereocenters. The number of rotatable bonds is 4. The number of nitrogens with one attached hydrogen (secondary N) is 2. The third-order valence-electron chi connectivity index (χ3n) is 5.09. The van der Waals surface area contributed by atoms with E-state index in [-0.39, 0.29) is 35.7 Å². The van der Waals surface area contributed by atoms with Gasteiger partial charge < -0.3 is 10.6 Å². The minimum atomic E-state index is 0.0471. The molecule has 0 aromatic carbocycles. The molecule has 0 bridgehead atoms. The third-order valence-corrected chi connectivity index (χ3v) is 5.09. The van der Waals surface area contributed by atoms with Gasteiger partial charge in [0.25, 0.3) is 0 Å². The number of hydrogen-bond donors (Lipinski definition) is 2. The summed E-state index contributed by atoms with van der Waals surface area (Å²) in [7, 11) is 0. The average molecular weight is 326 g/mol. The highest BCUT2D eigenvalue weighted by Crippen LogP contribution is 2.29. The van der Waals surface area contributed by atoms with E-state index in [1.807, 2.05) is 36.5 Å². The van der Waals surface area contributed by atoms with Crippen molar-refractivity contribution in [2.75, 3.05) is 0 Å². The first-order valence-corrected chi connectivity index (χ1v) is 9.00. The van der Waals surface area contributed by atoms with Crippen LogP contribution in [0.25, 0.3) is 0 Å². The summed E-state index contributed by atoms with van der Waals surface area (Å²) in [6.07, 6.45) is 21.1. The van der Waals surface area contributed by atoms with Gasteiger partial charge in [-0.3, -0.25) is 9.59 Å². The summed E-state index contributed by atoms with van der Waals surface area (Å²) in [5.41, 5.74) is 0. The summed E-state index contributed by atoms with van der Waals surface area (Å²) in [5.74, 6) is 0.370. The van der Waals surface area contributed by atoms with Gasteiger partial charge in [-0.05, 0) is 38.5 Å². The summed E-state index contributed by atoms with van der Waals surface area (Å²) >= 11 is 0. The van der Waals surface area contributed by atoms with Crippen LogP contribution in [0.1, 0.15) is 38.5 Å². The number of carbonyl (C=O) groups excluding carboxylic acids is 2. The van der Waals surface area contributed by atoms with E-state index in [0.717, 1.165) is 38.5 Å². The monoisotopic (exact) mass is 326 g/mol. The Morgan fingerprint density at radius 2 is 1.08 bits per heavy atom. The quantitative estimate of drug-likeness (QED) is 0.834. The molecule has 0 aromatic rings. The van der Waals surface area contributed by atoms with Crippen molar-refractivity contribution in [2.24, 2.45) is 11.8 Å². The van der Waals surface area contributed by atoms with E-state index in [1.54, 1.807) is 0 Å². The van der Waals surface area contributed by atoms with E-state index >= 15 is 0 Å². The smallest absolute Gasteiger partial charge is 0.223 e. The third kappa shape index (κ3) is 4.47. The van der Waals surface area contributed by atoms with Crippen molar-refractivity contribution in [3.8, 4) is 0 Å². The van der Waals surface area contributed by atoms with Gasteiger partial charge in [-0.1, -0.05) is 48.6 Å². The van der Waals surface area contributed by atoms with Crippen molar-refractivity contribution >= 4 is 11.8 Å². The van der Waals surface area contributed by atoms with Gasteiger partial charge in [-0.15, -0.1) is 0 Å². The van der Waals surface area contributed by atoms with Gasteiger partial charge in [-0.2, -0.15) is 0 Å². The Hall–Kier alpha value is -2.10. The van der Waals surface area contributed by atoms with Gasteiger partial charge in [-0.25, -0.2) is 0 Å². The normalized spacial score (nSPS) is 31.7. The number of carbonyl (C=O) groups is 2.